The van der Waals surface area contributed by atoms with Crippen LogP contribution in [0.5, 0.6) is 0 Å². The third kappa shape index (κ3) is 3.93. The second-order valence-electron chi connectivity index (χ2n) is 4.35. The Hall–Kier alpha value is -0.900. The fourth-order valence-corrected chi connectivity index (χ4v) is 1.74. The van der Waals surface area contributed by atoms with Crippen LogP contribution in [0.1, 0.15) is 51.7 Å². The molecule has 92 valence electrons. The molecule has 0 fully saturated rings. The van der Waals surface area contributed by atoms with E-state index in [1.165, 1.54) is 6.42 Å². The summed E-state index contributed by atoms with van der Waals surface area (Å²) in [5.41, 5.74) is 5.72. The van der Waals surface area contributed by atoms with E-state index < -0.39 is 0 Å². The first-order valence-corrected chi connectivity index (χ1v) is 6.35. The molecule has 0 aliphatic carbocycles. The number of rotatable bonds is 7. The standard InChI is InChI=1S/C12H24N4/c1-4-11-14-12(5-2)16(15-11)9-7-6-8-10(3)13/h10H,4-9,13H2,1-3H3. The van der Waals surface area contributed by atoms with Gasteiger partial charge in [0.1, 0.15) is 5.82 Å². The summed E-state index contributed by atoms with van der Waals surface area (Å²) in [6.45, 7) is 7.25. The molecule has 1 rings (SSSR count). The van der Waals surface area contributed by atoms with Crippen LogP contribution in [0, 0.1) is 0 Å². The maximum atomic E-state index is 5.72. The molecule has 4 nitrogen and oxygen atoms in total. The summed E-state index contributed by atoms with van der Waals surface area (Å²) in [4.78, 5) is 4.49. The van der Waals surface area contributed by atoms with Crippen molar-refractivity contribution in [2.75, 3.05) is 0 Å². The predicted molar refractivity (Wildman–Crippen MR) is 66.3 cm³/mol. The highest BCUT2D eigenvalue weighted by molar-refractivity contribution is 4.92. The lowest BCUT2D eigenvalue weighted by atomic mass is 10.1. The summed E-state index contributed by atoms with van der Waals surface area (Å²) < 4.78 is 2.06. The number of nitrogens with two attached hydrogens (primary N) is 1. The summed E-state index contributed by atoms with van der Waals surface area (Å²) in [5.74, 6) is 2.07. The first-order chi connectivity index (χ1) is 7.67. The monoisotopic (exact) mass is 224 g/mol. The van der Waals surface area contributed by atoms with Crippen molar-refractivity contribution in [2.45, 2.75) is 65.5 Å². The molecule has 0 aromatic carbocycles. The van der Waals surface area contributed by atoms with Gasteiger partial charge in [0.05, 0.1) is 0 Å². The molecule has 2 N–H and O–H groups in total. The first kappa shape index (κ1) is 13.2. The van der Waals surface area contributed by atoms with Crippen LogP contribution >= 0.6 is 0 Å². The fourth-order valence-electron chi connectivity index (χ4n) is 1.74. The van der Waals surface area contributed by atoms with Gasteiger partial charge < -0.3 is 5.73 Å². The van der Waals surface area contributed by atoms with Crippen molar-refractivity contribution >= 4 is 0 Å². The van der Waals surface area contributed by atoms with E-state index in [1.54, 1.807) is 0 Å². The Kier molecular flexibility index (Phi) is 5.46. The second kappa shape index (κ2) is 6.63. The molecule has 1 aromatic rings. The molecule has 16 heavy (non-hydrogen) atoms. The third-order valence-corrected chi connectivity index (χ3v) is 2.70. The van der Waals surface area contributed by atoms with Gasteiger partial charge >= 0.3 is 0 Å². The van der Waals surface area contributed by atoms with Crippen LogP contribution in [0.25, 0.3) is 0 Å². The van der Waals surface area contributed by atoms with E-state index in [-0.39, 0.29) is 0 Å². The summed E-state index contributed by atoms with van der Waals surface area (Å²) >= 11 is 0. The number of hydrogen-bond acceptors (Lipinski definition) is 3. The van der Waals surface area contributed by atoms with Crippen LogP contribution in [-0.4, -0.2) is 20.8 Å². The van der Waals surface area contributed by atoms with Crippen molar-refractivity contribution in [1.29, 1.82) is 0 Å². The highest BCUT2D eigenvalue weighted by atomic mass is 15.3. The highest BCUT2D eigenvalue weighted by Crippen LogP contribution is 2.05. The smallest absolute Gasteiger partial charge is 0.150 e. The van der Waals surface area contributed by atoms with Gasteiger partial charge in [-0.05, 0) is 19.8 Å². The van der Waals surface area contributed by atoms with Gasteiger partial charge in [0.15, 0.2) is 5.82 Å². The average Bonchev–Trinajstić information content (AvgIpc) is 2.66. The number of aryl methyl sites for hydroxylation is 3. The molecular formula is C12H24N4. The van der Waals surface area contributed by atoms with Crippen LogP contribution in [0.4, 0.5) is 0 Å². The molecule has 0 radical (unpaired) electrons. The normalized spacial score (nSPS) is 13.0. The van der Waals surface area contributed by atoms with Crippen molar-refractivity contribution in [3.8, 4) is 0 Å². The molecule has 0 saturated heterocycles. The summed E-state index contributed by atoms with van der Waals surface area (Å²) in [5, 5.41) is 4.49. The lowest BCUT2D eigenvalue weighted by Gasteiger charge is -2.06. The van der Waals surface area contributed by atoms with Gasteiger partial charge in [0.2, 0.25) is 0 Å². The van der Waals surface area contributed by atoms with Crippen LogP contribution in [0.15, 0.2) is 0 Å². The Morgan fingerprint density at radius 3 is 2.56 bits per heavy atom. The topological polar surface area (TPSA) is 56.7 Å². The van der Waals surface area contributed by atoms with Gasteiger partial charge in [-0.1, -0.05) is 20.3 Å². The Morgan fingerprint density at radius 2 is 2.00 bits per heavy atom. The van der Waals surface area contributed by atoms with Gasteiger partial charge in [-0.15, -0.1) is 0 Å². The lowest BCUT2D eigenvalue weighted by Crippen LogP contribution is -2.14. The zero-order valence-electron chi connectivity index (χ0n) is 10.7. The molecule has 0 amide bonds. The minimum atomic E-state index is 0.313. The Labute approximate surface area is 98.2 Å². The van der Waals surface area contributed by atoms with Crippen molar-refractivity contribution in [3.63, 3.8) is 0 Å². The van der Waals surface area contributed by atoms with E-state index >= 15 is 0 Å². The molecule has 0 aliphatic heterocycles. The predicted octanol–water partition coefficient (Wildman–Crippen LogP) is 1.92. The molecular weight excluding hydrogens is 200 g/mol. The number of aromatic nitrogens is 3. The zero-order valence-corrected chi connectivity index (χ0v) is 10.7. The van der Waals surface area contributed by atoms with Crippen LogP contribution in [0.2, 0.25) is 0 Å². The Balaban J connectivity index is 2.43. The number of nitrogens with zero attached hydrogens (tertiary/aromatic N) is 3. The largest absolute Gasteiger partial charge is 0.328 e. The van der Waals surface area contributed by atoms with Crippen LogP contribution in [0.3, 0.4) is 0 Å². The van der Waals surface area contributed by atoms with E-state index in [9.17, 15) is 0 Å². The van der Waals surface area contributed by atoms with Gasteiger partial charge in [0, 0.05) is 25.4 Å². The lowest BCUT2D eigenvalue weighted by molar-refractivity contribution is 0.505. The molecule has 4 heteroatoms. The Morgan fingerprint density at radius 1 is 1.25 bits per heavy atom. The fraction of sp³-hybridized carbons (Fsp3) is 0.833. The SMILES string of the molecule is CCc1nc(CC)n(CCCCC(C)N)n1. The van der Waals surface area contributed by atoms with Gasteiger partial charge in [-0.2, -0.15) is 5.10 Å². The average molecular weight is 224 g/mol. The van der Waals surface area contributed by atoms with Crippen LogP contribution in [-0.2, 0) is 19.4 Å². The van der Waals surface area contributed by atoms with Crippen molar-refractivity contribution < 1.29 is 0 Å². The van der Waals surface area contributed by atoms with Gasteiger partial charge in [-0.25, -0.2) is 9.67 Å². The quantitative estimate of drug-likeness (QED) is 0.720. The molecule has 0 saturated carbocycles. The molecule has 0 aliphatic rings. The van der Waals surface area contributed by atoms with Crippen LogP contribution < -0.4 is 5.73 Å². The molecule has 1 atom stereocenters. The molecule has 1 heterocycles. The van der Waals surface area contributed by atoms with E-state index in [4.69, 9.17) is 5.73 Å². The zero-order chi connectivity index (χ0) is 12.0. The first-order valence-electron chi connectivity index (χ1n) is 6.35. The van der Waals surface area contributed by atoms with Crippen molar-refractivity contribution in [1.82, 2.24) is 14.8 Å². The molecule has 0 bridgehead atoms. The number of unbranched alkanes of at least 4 members (excludes halogenated alkanes) is 1. The summed E-state index contributed by atoms with van der Waals surface area (Å²) in [7, 11) is 0. The Bertz CT molecular complexity index is 304. The summed E-state index contributed by atoms with van der Waals surface area (Å²) in [6, 6.07) is 0.313. The highest BCUT2D eigenvalue weighted by Gasteiger charge is 2.06. The van der Waals surface area contributed by atoms with E-state index in [2.05, 4.69) is 35.5 Å². The second-order valence-corrected chi connectivity index (χ2v) is 4.35. The maximum absolute atomic E-state index is 5.72. The van der Waals surface area contributed by atoms with E-state index in [1.807, 2.05) is 0 Å². The van der Waals surface area contributed by atoms with Crippen molar-refractivity contribution in [3.05, 3.63) is 11.6 Å². The van der Waals surface area contributed by atoms with E-state index in [0.29, 0.717) is 6.04 Å². The van der Waals surface area contributed by atoms with Crippen molar-refractivity contribution in [2.24, 2.45) is 5.73 Å². The minimum Gasteiger partial charge on any atom is -0.328 e. The van der Waals surface area contributed by atoms with Gasteiger partial charge in [-0.3, -0.25) is 0 Å². The number of hydrogen-bond donors (Lipinski definition) is 1. The molecule has 0 spiro atoms. The minimum absolute atomic E-state index is 0.313. The summed E-state index contributed by atoms with van der Waals surface area (Å²) in [6.07, 6.45) is 5.28. The van der Waals surface area contributed by atoms with Gasteiger partial charge in [0.25, 0.3) is 0 Å². The third-order valence-electron chi connectivity index (χ3n) is 2.70. The van der Waals surface area contributed by atoms with E-state index in [0.717, 1.165) is 43.9 Å². The molecule has 1 aromatic heterocycles. The maximum Gasteiger partial charge on any atom is 0.150 e. The molecule has 1 unspecified atom stereocenters.